The molecule has 1 aliphatic rings. The summed E-state index contributed by atoms with van der Waals surface area (Å²) in [6.45, 7) is 0.641. The van der Waals surface area contributed by atoms with Crippen LogP contribution < -0.4 is 25.6 Å². The molecule has 0 aromatic heterocycles. The van der Waals surface area contributed by atoms with Gasteiger partial charge in [-0.2, -0.15) is 0 Å². The Balaban J connectivity index is 1.66. The van der Waals surface area contributed by atoms with Crippen molar-refractivity contribution in [3.63, 3.8) is 0 Å². The van der Waals surface area contributed by atoms with Crippen LogP contribution in [0.4, 0.5) is 0 Å². The second-order valence-corrected chi connectivity index (χ2v) is 6.25. The lowest BCUT2D eigenvalue weighted by Gasteiger charge is -2.13. The van der Waals surface area contributed by atoms with E-state index in [0.29, 0.717) is 35.5 Å². The maximum atomic E-state index is 11.8. The van der Waals surface area contributed by atoms with Crippen LogP contribution in [0.5, 0.6) is 11.5 Å². The van der Waals surface area contributed by atoms with Gasteiger partial charge in [0.05, 0.1) is 14.2 Å². The van der Waals surface area contributed by atoms with Gasteiger partial charge in [-0.25, -0.2) is 0 Å². The zero-order valence-electron chi connectivity index (χ0n) is 14.6. The first-order valence-corrected chi connectivity index (χ1v) is 8.73. The summed E-state index contributed by atoms with van der Waals surface area (Å²) in [5.41, 5.74) is 6.47. The smallest absolute Gasteiger partial charge is 0.238 e. The molecule has 3 N–H and O–H groups in total. The van der Waals surface area contributed by atoms with Gasteiger partial charge in [-0.05, 0) is 55.1 Å². The minimum atomic E-state index is -0.0550. The summed E-state index contributed by atoms with van der Waals surface area (Å²) >= 11 is 5.16. The molecule has 1 aliphatic carbocycles. The van der Waals surface area contributed by atoms with Crippen molar-refractivity contribution >= 4 is 23.2 Å². The molecule has 0 radical (unpaired) electrons. The van der Waals surface area contributed by atoms with Crippen molar-refractivity contribution in [2.45, 2.75) is 25.7 Å². The summed E-state index contributed by atoms with van der Waals surface area (Å²) in [7, 11) is 3.23. The van der Waals surface area contributed by atoms with Gasteiger partial charge < -0.3 is 14.8 Å². The maximum absolute atomic E-state index is 11.8. The zero-order valence-corrected chi connectivity index (χ0v) is 15.4. The number of benzene rings is 1. The van der Waals surface area contributed by atoms with Gasteiger partial charge in [-0.1, -0.05) is 18.2 Å². The molecule has 2 rings (SSSR count). The van der Waals surface area contributed by atoms with Crippen LogP contribution in [0.2, 0.25) is 0 Å². The number of carbonyl (C=O) groups is 1. The van der Waals surface area contributed by atoms with Gasteiger partial charge >= 0.3 is 0 Å². The predicted molar refractivity (Wildman–Crippen MR) is 102 cm³/mol. The number of rotatable bonds is 7. The molecular weight excluding hydrogens is 338 g/mol. The molecular formula is C18H25N3O3S. The van der Waals surface area contributed by atoms with Gasteiger partial charge in [-0.15, -0.1) is 0 Å². The Morgan fingerprint density at radius 2 is 2.04 bits per heavy atom. The number of nitrogens with one attached hydrogen (secondary N) is 3. The first-order chi connectivity index (χ1) is 12.1. The summed E-state index contributed by atoms with van der Waals surface area (Å²) in [5.74, 6) is 1.69. The van der Waals surface area contributed by atoms with Crippen molar-refractivity contribution in [3.05, 3.63) is 35.9 Å². The molecule has 7 heteroatoms. The molecule has 0 heterocycles. The average molecular weight is 363 g/mol. The van der Waals surface area contributed by atoms with E-state index in [1.165, 1.54) is 0 Å². The third-order valence-electron chi connectivity index (χ3n) is 4.02. The molecule has 0 fully saturated rings. The van der Waals surface area contributed by atoms with Gasteiger partial charge in [0.25, 0.3) is 0 Å². The average Bonchev–Trinajstić information content (AvgIpc) is 3.12. The number of amides is 1. The molecule has 1 atom stereocenters. The third-order valence-corrected chi connectivity index (χ3v) is 4.27. The fourth-order valence-corrected chi connectivity index (χ4v) is 2.83. The van der Waals surface area contributed by atoms with Gasteiger partial charge in [0.1, 0.15) is 0 Å². The van der Waals surface area contributed by atoms with E-state index < -0.39 is 0 Å². The molecule has 1 aromatic rings. The Morgan fingerprint density at radius 3 is 2.72 bits per heavy atom. The quantitative estimate of drug-likeness (QED) is 0.391. The van der Waals surface area contributed by atoms with E-state index in [2.05, 4.69) is 28.3 Å². The molecule has 0 spiro atoms. The summed E-state index contributed by atoms with van der Waals surface area (Å²) in [4.78, 5) is 11.8. The SMILES string of the molecule is COc1ccc(CCNC(=S)NNC(=O)C[C@H]2C=CCC2)cc1OC. The monoisotopic (exact) mass is 363 g/mol. The molecule has 6 nitrogen and oxygen atoms in total. The summed E-state index contributed by atoms with van der Waals surface area (Å²) in [5, 5.41) is 3.46. The van der Waals surface area contributed by atoms with Crippen LogP contribution in [-0.2, 0) is 11.2 Å². The zero-order chi connectivity index (χ0) is 18.1. The van der Waals surface area contributed by atoms with Gasteiger partial charge in [-0.3, -0.25) is 15.6 Å². The highest BCUT2D eigenvalue weighted by Crippen LogP contribution is 2.27. The fraction of sp³-hybridized carbons (Fsp3) is 0.444. The van der Waals surface area contributed by atoms with Crippen molar-refractivity contribution in [2.24, 2.45) is 5.92 Å². The Hall–Kier alpha value is -2.28. The van der Waals surface area contributed by atoms with Crippen molar-refractivity contribution in [1.82, 2.24) is 16.2 Å². The number of methoxy groups -OCH3 is 2. The second kappa shape index (κ2) is 9.88. The van der Waals surface area contributed by atoms with Crippen LogP contribution in [-0.4, -0.2) is 31.8 Å². The molecule has 1 amide bonds. The van der Waals surface area contributed by atoms with Crippen LogP contribution in [0.1, 0.15) is 24.8 Å². The van der Waals surface area contributed by atoms with E-state index >= 15 is 0 Å². The van der Waals surface area contributed by atoms with Crippen LogP contribution in [0, 0.1) is 5.92 Å². The third kappa shape index (κ3) is 6.26. The lowest BCUT2D eigenvalue weighted by molar-refractivity contribution is -0.122. The van der Waals surface area contributed by atoms with E-state index in [1.807, 2.05) is 18.2 Å². The highest BCUT2D eigenvalue weighted by Gasteiger charge is 2.13. The number of ether oxygens (including phenoxy) is 2. The number of carbonyl (C=O) groups excluding carboxylic acids is 1. The number of thiocarbonyl (C=S) groups is 1. The topological polar surface area (TPSA) is 71.6 Å². The Labute approximate surface area is 153 Å². The van der Waals surface area contributed by atoms with Gasteiger partial charge in [0.15, 0.2) is 16.6 Å². The predicted octanol–water partition coefficient (Wildman–Crippen LogP) is 2.10. The molecule has 136 valence electrons. The highest BCUT2D eigenvalue weighted by molar-refractivity contribution is 7.80. The summed E-state index contributed by atoms with van der Waals surface area (Å²) in [6, 6.07) is 5.80. The van der Waals surface area contributed by atoms with Crippen LogP contribution >= 0.6 is 12.2 Å². The Bertz CT molecular complexity index is 634. The molecule has 0 unspecified atom stereocenters. The van der Waals surface area contributed by atoms with Crippen molar-refractivity contribution in [1.29, 1.82) is 0 Å². The van der Waals surface area contributed by atoms with Crippen molar-refractivity contribution in [2.75, 3.05) is 20.8 Å². The fourth-order valence-electron chi connectivity index (χ4n) is 2.68. The molecule has 0 aliphatic heterocycles. The van der Waals surface area contributed by atoms with Crippen LogP contribution in [0.3, 0.4) is 0 Å². The van der Waals surface area contributed by atoms with E-state index in [1.54, 1.807) is 14.2 Å². The van der Waals surface area contributed by atoms with E-state index in [9.17, 15) is 4.79 Å². The second-order valence-electron chi connectivity index (χ2n) is 5.84. The molecule has 0 bridgehead atoms. The van der Waals surface area contributed by atoms with Crippen molar-refractivity contribution < 1.29 is 14.3 Å². The van der Waals surface area contributed by atoms with E-state index in [4.69, 9.17) is 21.7 Å². The minimum Gasteiger partial charge on any atom is -0.493 e. The first kappa shape index (κ1) is 19.1. The van der Waals surface area contributed by atoms with Gasteiger partial charge in [0, 0.05) is 13.0 Å². The minimum absolute atomic E-state index is 0.0550. The Kier molecular flexibility index (Phi) is 7.53. The van der Waals surface area contributed by atoms with Crippen LogP contribution in [0.15, 0.2) is 30.4 Å². The summed E-state index contributed by atoms with van der Waals surface area (Å²) in [6.07, 6.45) is 7.56. The largest absolute Gasteiger partial charge is 0.493 e. The molecule has 0 saturated carbocycles. The number of hydrazine groups is 1. The molecule has 0 saturated heterocycles. The summed E-state index contributed by atoms with van der Waals surface area (Å²) < 4.78 is 10.5. The highest BCUT2D eigenvalue weighted by atomic mass is 32.1. The molecule has 25 heavy (non-hydrogen) atoms. The Morgan fingerprint density at radius 1 is 1.24 bits per heavy atom. The lowest BCUT2D eigenvalue weighted by atomic mass is 10.1. The normalized spacial score (nSPS) is 15.5. The van der Waals surface area contributed by atoms with Gasteiger partial charge in [0.2, 0.25) is 5.91 Å². The lowest BCUT2D eigenvalue weighted by Crippen LogP contribution is -2.47. The van der Waals surface area contributed by atoms with Crippen LogP contribution in [0.25, 0.3) is 0 Å². The number of allylic oxidation sites excluding steroid dienone is 2. The number of hydrogen-bond donors (Lipinski definition) is 3. The first-order valence-electron chi connectivity index (χ1n) is 8.32. The standard InChI is InChI=1S/C18H25N3O3S/c1-23-15-8-7-14(11-16(15)24-2)9-10-19-18(25)21-20-17(22)12-13-5-3-4-6-13/h3,5,7-8,11,13H,4,6,9-10,12H2,1-2H3,(H,20,22)(H2,19,21,25)/t13-/m0/s1. The maximum Gasteiger partial charge on any atom is 0.238 e. The number of hydrogen-bond acceptors (Lipinski definition) is 4. The van der Waals surface area contributed by atoms with E-state index in [0.717, 1.165) is 24.8 Å². The van der Waals surface area contributed by atoms with Crippen molar-refractivity contribution in [3.8, 4) is 11.5 Å². The van der Waals surface area contributed by atoms with E-state index in [-0.39, 0.29) is 5.91 Å². The molecule has 1 aromatic carbocycles.